The fourth-order valence-electron chi connectivity index (χ4n) is 2.41. The Morgan fingerprint density at radius 3 is 2.57 bits per heavy atom. The smallest absolute Gasteiger partial charge is 0.335 e. The Bertz CT molecular complexity index is 822. The molecule has 21 heavy (non-hydrogen) atoms. The van der Waals surface area contributed by atoms with Gasteiger partial charge in [-0.25, -0.2) is 9.78 Å². The van der Waals surface area contributed by atoms with E-state index in [4.69, 9.17) is 5.11 Å². The molecule has 1 aromatic heterocycles. The van der Waals surface area contributed by atoms with Gasteiger partial charge in [0.05, 0.1) is 16.6 Å². The van der Waals surface area contributed by atoms with E-state index in [0.29, 0.717) is 0 Å². The zero-order valence-corrected chi connectivity index (χ0v) is 13.0. The lowest BCUT2D eigenvalue weighted by Crippen LogP contribution is -1.99. The van der Waals surface area contributed by atoms with Crippen molar-refractivity contribution < 1.29 is 9.90 Å². The molecule has 0 atom stereocenters. The van der Waals surface area contributed by atoms with Crippen LogP contribution in [0.4, 0.5) is 0 Å². The largest absolute Gasteiger partial charge is 0.478 e. The van der Waals surface area contributed by atoms with Crippen LogP contribution in [-0.4, -0.2) is 20.6 Å². The van der Waals surface area contributed by atoms with Gasteiger partial charge in [-0.1, -0.05) is 28.1 Å². The van der Waals surface area contributed by atoms with Crippen molar-refractivity contribution in [1.29, 1.82) is 0 Å². The number of hydrogen-bond acceptors (Lipinski definition) is 2. The van der Waals surface area contributed by atoms with Crippen molar-refractivity contribution in [2.45, 2.75) is 13.5 Å². The minimum absolute atomic E-state index is 0.278. The number of halogens is 1. The average Bonchev–Trinajstić information content (AvgIpc) is 2.84. The molecule has 0 aliphatic rings. The Labute approximate surface area is 130 Å². The zero-order chi connectivity index (χ0) is 15.0. The summed E-state index contributed by atoms with van der Waals surface area (Å²) in [4.78, 5) is 15.6. The fraction of sp³-hybridized carbons (Fsp3) is 0.125. The molecule has 0 amide bonds. The molecule has 0 aliphatic carbocycles. The third-order valence-corrected chi connectivity index (χ3v) is 3.91. The normalized spacial score (nSPS) is 11.0. The number of aromatic nitrogens is 2. The van der Waals surface area contributed by atoms with Crippen LogP contribution < -0.4 is 0 Å². The molecule has 106 valence electrons. The maximum Gasteiger partial charge on any atom is 0.335 e. The van der Waals surface area contributed by atoms with Crippen LogP contribution in [0.15, 0.2) is 46.9 Å². The predicted molar refractivity (Wildman–Crippen MR) is 85.5 cm³/mol. The highest BCUT2D eigenvalue weighted by Gasteiger charge is 2.12. The van der Waals surface area contributed by atoms with Crippen molar-refractivity contribution in [1.82, 2.24) is 9.55 Å². The van der Waals surface area contributed by atoms with Gasteiger partial charge in [0.15, 0.2) is 0 Å². The highest BCUT2D eigenvalue weighted by molar-refractivity contribution is 9.10. The number of nitrogens with zero attached hydrogens (tertiary/aromatic N) is 2. The first-order valence-corrected chi connectivity index (χ1v) is 7.39. The molecule has 0 aliphatic heterocycles. The SMILES string of the molecule is CCn1c(-c2ccc(C(=O)O)cc2)nc2cc(Br)ccc21. The molecular formula is C16H13BrN2O2. The summed E-state index contributed by atoms with van der Waals surface area (Å²) < 4.78 is 3.11. The van der Waals surface area contributed by atoms with Crippen molar-refractivity contribution in [3.63, 3.8) is 0 Å². The number of carbonyl (C=O) groups is 1. The Kier molecular flexibility index (Phi) is 3.51. The average molecular weight is 345 g/mol. The van der Waals surface area contributed by atoms with Crippen molar-refractivity contribution >= 4 is 32.9 Å². The second-order valence-corrected chi connectivity index (χ2v) is 5.61. The Morgan fingerprint density at radius 2 is 1.95 bits per heavy atom. The maximum absolute atomic E-state index is 10.9. The van der Waals surface area contributed by atoms with Crippen LogP contribution in [-0.2, 0) is 6.54 Å². The fourth-order valence-corrected chi connectivity index (χ4v) is 2.75. The van der Waals surface area contributed by atoms with E-state index in [1.54, 1.807) is 24.3 Å². The number of hydrogen-bond donors (Lipinski definition) is 1. The number of carboxylic acids is 1. The third kappa shape index (κ3) is 2.45. The molecule has 2 aromatic carbocycles. The summed E-state index contributed by atoms with van der Waals surface area (Å²) in [6.07, 6.45) is 0. The quantitative estimate of drug-likeness (QED) is 0.775. The zero-order valence-electron chi connectivity index (χ0n) is 11.4. The summed E-state index contributed by atoms with van der Waals surface area (Å²) >= 11 is 3.46. The van der Waals surface area contributed by atoms with Crippen LogP contribution in [0.1, 0.15) is 17.3 Å². The predicted octanol–water partition coefficient (Wildman–Crippen LogP) is 4.18. The summed E-state index contributed by atoms with van der Waals surface area (Å²) in [7, 11) is 0. The minimum atomic E-state index is -0.922. The summed E-state index contributed by atoms with van der Waals surface area (Å²) in [5.74, 6) is -0.0722. The number of carboxylic acid groups (broad SMARTS) is 1. The lowest BCUT2D eigenvalue weighted by Gasteiger charge is -2.06. The van der Waals surface area contributed by atoms with Gasteiger partial charge in [0.2, 0.25) is 0 Å². The molecule has 5 heteroatoms. The highest BCUT2D eigenvalue weighted by atomic mass is 79.9. The van der Waals surface area contributed by atoms with Gasteiger partial charge in [-0.15, -0.1) is 0 Å². The van der Waals surface area contributed by atoms with Crippen LogP contribution in [0, 0.1) is 0 Å². The summed E-state index contributed by atoms with van der Waals surface area (Å²) in [6, 6.07) is 12.8. The number of imidazole rings is 1. The van der Waals surface area contributed by atoms with Crippen LogP contribution in [0.5, 0.6) is 0 Å². The van der Waals surface area contributed by atoms with E-state index in [1.807, 2.05) is 18.2 Å². The minimum Gasteiger partial charge on any atom is -0.478 e. The lowest BCUT2D eigenvalue weighted by molar-refractivity contribution is 0.0697. The standard InChI is InChI=1S/C16H13BrN2O2/c1-2-19-14-8-7-12(17)9-13(14)18-15(19)10-3-5-11(6-4-10)16(20)21/h3-9H,2H2,1H3,(H,20,21). The molecule has 1 heterocycles. The molecule has 0 unspecified atom stereocenters. The summed E-state index contributed by atoms with van der Waals surface area (Å²) in [6.45, 7) is 2.87. The molecule has 0 spiro atoms. The second-order valence-electron chi connectivity index (χ2n) is 4.70. The molecular weight excluding hydrogens is 332 g/mol. The first-order valence-electron chi connectivity index (χ1n) is 6.59. The van der Waals surface area contributed by atoms with Crippen molar-refractivity contribution in [3.8, 4) is 11.4 Å². The topological polar surface area (TPSA) is 55.1 Å². The van der Waals surface area contributed by atoms with Crippen molar-refractivity contribution in [2.75, 3.05) is 0 Å². The first kappa shape index (κ1) is 13.8. The van der Waals surface area contributed by atoms with E-state index in [1.165, 1.54) is 0 Å². The molecule has 0 saturated heterocycles. The van der Waals surface area contributed by atoms with E-state index in [-0.39, 0.29) is 5.56 Å². The molecule has 0 saturated carbocycles. The van der Waals surface area contributed by atoms with Gasteiger partial charge in [0.25, 0.3) is 0 Å². The molecule has 0 fully saturated rings. The monoisotopic (exact) mass is 344 g/mol. The number of aromatic carboxylic acids is 1. The molecule has 0 radical (unpaired) electrons. The highest BCUT2D eigenvalue weighted by Crippen LogP contribution is 2.27. The van der Waals surface area contributed by atoms with Crippen LogP contribution in [0.2, 0.25) is 0 Å². The molecule has 1 N–H and O–H groups in total. The molecule has 4 nitrogen and oxygen atoms in total. The molecule has 0 bridgehead atoms. The Morgan fingerprint density at radius 1 is 1.24 bits per heavy atom. The Hall–Kier alpha value is -2.14. The van der Waals surface area contributed by atoms with E-state index in [0.717, 1.165) is 33.4 Å². The van der Waals surface area contributed by atoms with E-state index in [9.17, 15) is 4.79 Å². The molecule has 3 aromatic rings. The molecule has 3 rings (SSSR count). The van der Waals surface area contributed by atoms with Gasteiger partial charge in [-0.05, 0) is 37.3 Å². The third-order valence-electron chi connectivity index (χ3n) is 3.42. The van der Waals surface area contributed by atoms with E-state index < -0.39 is 5.97 Å². The van der Waals surface area contributed by atoms with Crippen LogP contribution >= 0.6 is 15.9 Å². The van der Waals surface area contributed by atoms with Crippen LogP contribution in [0.25, 0.3) is 22.4 Å². The van der Waals surface area contributed by atoms with Gasteiger partial charge in [-0.2, -0.15) is 0 Å². The number of fused-ring (bicyclic) bond motifs is 1. The number of aryl methyl sites for hydroxylation is 1. The second kappa shape index (κ2) is 5.33. The van der Waals surface area contributed by atoms with Gasteiger partial charge < -0.3 is 9.67 Å². The van der Waals surface area contributed by atoms with Gasteiger partial charge in [0.1, 0.15) is 5.82 Å². The maximum atomic E-state index is 10.9. The Balaban J connectivity index is 2.17. The van der Waals surface area contributed by atoms with Crippen LogP contribution in [0.3, 0.4) is 0 Å². The number of benzene rings is 2. The van der Waals surface area contributed by atoms with Gasteiger partial charge in [-0.3, -0.25) is 0 Å². The van der Waals surface area contributed by atoms with E-state index in [2.05, 4.69) is 32.4 Å². The van der Waals surface area contributed by atoms with Crippen molar-refractivity contribution in [2.24, 2.45) is 0 Å². The summed E-state index contributed by atoms with van der Waals surface area (Å²) in [5.41, 5.74) is 3.18. The lowest BCUT2D eigenvalue weighted by atomic mass is 10.1. The van der Waals surface area contributed by atoms with Crippen molar-refractivity contribution in [3.05, 3.63) is 52.5 Å². The van der Waals surface area contributed by atoms with E-state index >= 15 is 0 Å². The first-order chi connectivity index (χ1) is 10.1. The summed E-state index contributed by atoms with van der Waals surface area (Å²) in [5, 5.41) is 8.97. The van der Waals surface area contributed by atoms with Gasteiger partial charge in [0, 0.05) is 16.6 Å². The number of rotatable bonds is 3. The van der Waals surface area contributed by atoms with Gasteiger partial charge >= 0.3 is 5.97 Å².